The van der Waals surface area contributed by atoms with Gasteiger partial charge in [0.25, 0.3) is 0 Å². The van der Waals surface area contributed by atoms with Gasteiger partial charge in [0.05, 0.1) is 11.3 Å². The summed E-state index contributed by atoms with van der Waals surface area (Å²) in [7, 11) is 0. The quantitative estimate of drug-likeness (QED) is 0.728. The van der Waals surface area contributed by atoms with Gasteiger partial charge in [-0.1, -0.05) is 18.2 Å². The van der Waals surface area contributed by atoms with E-state index in [0.29, 0.717) is 11.3 Å². The van der Waals surface area contributed by atoms with Crippen molar-refractivity contribution in [3.8, 4) is 11.3 Å². The van der Waals surface area contributed by atoms with E-state index in [-0.39, 0.29) is 0 Å². The molecule has 0 amide bonds. The molecule has 1 aromatic carbocycles. The Morgan fingerprint density at radius 3 is 2.35 bits per heavy atom. The lowest BCUT2D eigenvalue weighted by atomic mass is 10.1. The molecule has 0 fully saturated rings. The zero-order chi connectivity index (χ0) is 12.5. The Kier molecular flexibility index (Phi) is 2.88. The number of halogens is 3. The van der Waals surface area contributed by atoms with Crippen molar-refractivity contribution in [3.63, 3.8) is 0 Å². The largest absolute Gasteiger partial charge is 0.416 e. The summed E-state index contributed by atoms with van der Waals surface area (Å²) in [5, 5.41) is 0. The molecule has 1 nitrogen and oxygen atoms in total. The van der Waals surface area contributed by atoms with E-state index in [1.165, 1.54) is 6.07 Å². The Morgan fingerprint density at radius 2 is 1.71 bits per heavy atom. The number of rotatable bonds is 1. The minimum absolute atomic E-state index is 0.475. The highest BCUT2D eigenvalue weighted by molar-refractivity contribution is 5.60. The fourth-order valence-electron chi connectivity index (χ4n) is 1.56. The molecular weight excluding hydrogens is 227 g/mol. The van der Waals surface area contributed by atoms with Crippen molar-refractivity contribution in [2.75, 3.05) is 0 Å². The Labute approximate surface area is 96.9 Å². The molecule has 0 N–H and O–H groups in total. The Hall–Kier alpha value is -1.84. The number of nitrogens with zero attached hydrogens (tertiary/aromatic N) is 1. The van der Waals surface area contributed by atoms with Crippen molar-refractivity contribution in [1.82, 2.24) is 4.98 Å². The number of pyridine rings is 1. The number of aryl methyl sites for hydroxylation is 1. The summed E-state index contributed by atoms with van der Waals surface area (Å²) >= 11 is 0. The highest BCUT2D eigenvalue weighted by Crippen LogP contribution is 2.31. The van der Waals surface area contributed by atoms with Crippen LogP contribution in [0.5, 0.6) is 0 Å². The summed E-state index contributed by atoms with van der Waals surface area (Å²) in [4.78, 5) is 4.20. The molecule has 0 aliphatic heterocycles. The number of benzene rings is 1. The second-order valence-electron chi connectivity index (χ2n) is 3.74. The van der Waals surface area contributed by atoms with E-state index in [1.54, 1.807) is 31.2 Å². The third-order valence-corrected chi connectivity index (χ3v) is 2.37. The molecule has 0 radical (unpaired) electrons. The third kappa shape index (κ3) is 2.64. The zero-order valence-electron chi connectivity index (χ0n) is 9.12. The minimum Gasteiger partial charge on any atom is -0.253 e. The first-order valence-corrected chi connectivity index (χ1v) is 5.08. The van der Waals surface area contributed by atoms with Crippen LogP contribution in [-0.2, 0) is 6.18 Å². The predicted molar refractivity (Wildman–Crippen MR) is 59.4 cm³/mol. The topological polar surface area (TPSA) is 12.9 Å². The van der Waals surface area contributed by atoms with Crippen LogP contribution in [0.1, 0.15) is 11.3 Å². The van der Waals surface area contributed by atoms with Gasteiger partial charge in [0.15, 0.2) is 0 Å². The van der Waals surface area contributed by atoms with Gasteiger partial charge in [0.1, 0.15) is 0 Å². The average molecular weight is 237 g/mol. The van der Waals surface area contributed by atoms with Gasteiger partial charge in [-0.2, -0.15) is 13.2 Å². The zero-order valence-corrected chi connectivity index (χ0v) is 9.12. The maximum atomic E-state index is 12.5. The van der Waals surface area contributed by atoms with Gasteiger partial charge in [-0.25, -0.2) is 0 Å². The van der Waals surface area contributed by atoms with E-state index in [1.807, 2.05) is 0 Å². The first-order chi connectivity index (χ1) is 7.97. The van der Waals surface area contributed by atoms with Crippen molar-refractivity contribution >= 4 is 0 Å². The van der Waals surface area contributed by atoms with Gasteiger partial charge < -0.3 is 0 Å². The second kappa shape index (κ2) is 4.20. The fraction of sp³-hybridized carbons (Fsp3) is 0.154. The molecule has 1 heterocycles. The Bertz CT molecular complexity index is 532. The van der Waals surface area contributed by atoms with Crippen molar-refractivity contribution in [1.29, 1.82) is 0 Å². The average Bonchev–Trinajstić information content (AvgIpc) is 2.28. The summed E-state index contributed by atoms with van der Waals surface area (Å²) in [5.41, 5.74) is 1.15. The van der Waals surface area contributed by atoms with E-state index in [9.17, 15) is 13.2 Å². The van der Waals surface area contributed by atoms with Crippen LogP contribution in [0.2, 0.25) is 0 Å². The third-order valence-electron chi connectivity index (χ3n) is 2.37. The van der Waals surface area contributed by atoms with Crippen LogP contribution >= 0.6 is 0 Å². The summed E-state index contributed by atoms with van der Waals surface area (Å²) in [5.74, 6) is 0. The normalized spacial score (nSPS) is 11.5. The fourth-order valence-corrected chi connectivity index (χ4v) is 1.56. The number of hydrogen-bond acceptors (Lipinski definition) is 1. The Morgan fingerprint density at radius 1 is 1.00 bits per heavy atom. The standard InChI is InChI=1S/C13H10F3N/c1-9-4-2-7-12(17-9)10-5-3-6-11(8-10)13(14,15)16/h2-8H,1H3. The van der Waals surface area contributed by atoms with Gasteiger partial charge >= 0.3 is 6.18 Å². The van der Waals surface area contributed by atoms with E-state index < -0.39 is 11.7 Å². The molecule has 0 saturated heterocycles. The molecular formula is C13H10F3N. The van der Waals surface area contributed by atoms with Crippen molar-refractivity contribution in [3.05, 3.63) is 53.7 Å². The molecule has 2 rings (SSSR count). The van der Waals surface area contributed by atoms with Crippen LogP contribution < -0.4 is 0 Å². The van der Waals surface area contributed by atoms with E-state index >= 15 is 0 Å². The summed E-state index contributed by atoms with van der Waals surface area (Å²) in [6, 6.07) is 10.5. The molecule has 88 valence electrons. The molecule has 0 unspecified atom stereocenters. The second-order valence-corrected chi connectivity index (χ2v) is 3.74. The molecule has 17 heavy (non-hydrogen) atoms. The van der Waals surface area contributed by atoms with Gasteiger partial charge in [0, 0.05) is 11.3 Å². The number of alkyl halides is 3. The summed E-state index contributed by atoms with van der Waals surface area (Å²) in [6.07, 6.45) is -4.32. The molecule has 2 aromatic rings. The lowest BCUT2D eigenvalue weighted by Gasteiger charge is -2.08. The van der Waals surface area contributed by atoms with Crippen molar-refractivity contribution in [2.24, 2.45) is 0 Å². The molecule has 0 spiro atoms. The SMILES string of the molecule is Cc1cccc(-c2cccc(C(F)(F)F)c2)n1. The smallest absolute Gasteiger partial charge is 0.253 e. The van der Waals surface area contributed by atoms with Crippen LogP contribution in [-0.4, -0.2) is 4.98 Å². The predicted octanol–water partition coefficient (Wildman–Crippen LogP) is 4.08. The van der Waals surface area contributed by atoms with E-state index in [0.717, 1.165) is 17.8 Å². The summed E-state index contributed by atoms with van der Waals surface area (Å²) in [6.45, 7) is 1.80. The highest BCUT2D eigenvalue weighted by Gasteiger charge is 2.30. The number of hydrogen-bond donors (Lipinski definition) is 0. The molecule has 0 aliphatic rings. The molecule has 0 saturated carbocycles. The van der Waals surface area contributed by atoms with Crippen LogP contribution in [0.3, 0.4) is 0 Å². The maximum Gasteiger partial charge on any atom is 0.416 e. The Balaban J connectivity index is 2.47. The van der Waals surface area contributed by atoms with Crippen LogP contribution in [0, 0.1) is 6.92 Å². The van der Waals surface area contributed by atoms with Crippen molar-refractivity contribution in [2.45, 2.75) is 13.1 Å². The number of aromatic nitrogens is 1. The van der Waals surface area contributed by atoms with Gasteiger partial charge in [-0.3, -0.25) is 4.98 Å². The monoisotopic (exact) mass is 237 g/mol. The van der Waals surface area contributed by atoms with Crippen LogP contribution in [0.15, 0.2) is 42.5 Å². The van der Waals surface area contributed by atoms with Crippen molar-refractivity contribution < 1.29 is 13.2 Å². The lowest BCUT2D eigenvalue weighted by Crippen LogP contribution is -2.04. The molecule has 4 heteroatoms. The first kappa shape index (κ1) is 11.6. The first-order valence-electron chi connectivity index (χ1n) is 5.08. The van der Waals surface area contributed by atoms with Gasteiger partial charge in [-0.05, 0) is 31.2 Å². The molecule has 0 atom stereocenters. The lowest BCUT2D eigenvalue weighted by molar-refractivity contribution is -0.137. The van der Waals surface area contributed by atoms with Crippen LogP contribution in [0.25, 0.3) is 11.3 Å². The minimum atomic E-state index is -4.32. The van der Waals surface area contributed by atoms with Crippen LogP contribution in [0.4, 0.5) is 13.2 Å². The molecule has 0 aliphatic carbocycles. The van der Waals surface area contributed by atoms with E-state index in [4.69, 9.17) is 0 Å². The van der Waals surface area contributed by atoms with E-state index in [2.05, 4.69) is 4.98 Å². The highest BCUT2D eigenvalue weighted by atomic mass is 19.4. The molecule has 0 bridgehead atoms. The van der Waals surface area contributed by atoms with Gasteiger partial charge in [0.2, 0.25) is 0 Å². The van der Waals surface area contributed by atoms with Gasteiger partial charge in [-0.15, -0.1) is 0 Å². The molecule has 1 aromatic heterocycles. The maximum absolute atomic E-state index is 12.5. The summed E-state index contributed by atoms with van der Waals surface area (Å²) < 4.78 is 37.6.